The zero-order chi connectivity index (χ0) is 21.0. The first-order chi connectivity index (χ1) is 15.2. The summed E-state index contributed by atoms with van der Waals surface area (Å²) in [5.41, 5.74) is 2.25. The van der Waals surface area contributed by atoms with Crippen LogP contribution in [0, 0.1) is 0 Å². The van der Waals surface area contributed by atoms with Crippen LogP contribution in [0.15, 0.2) is 77.3 Å². The fraction of sp³-hybridized carbons (Fsp3) is 0.0870. The maximum absolute atomic E-state index is 12.2. The van der Waals surface area contributed by atoms with Crippen LogP contribution in [-0.2, 0) is 4.79 Å². The Labute approximate surface area is 177 Å². The third-order valence-electron chi connectivity index (χ3n) is 4.59. The van der Waals surface area contributed by atoms with Crippen molar-refractivity contribution < 1.29 is 23.5 Å². The number of aromatic nitrogens is 2. The lowest BCUT2D eigenvalue weighted by Gasteiger charge is -2.08. The van der Waals surface area contributed by atoms with E-state index in [4.69, 9.17) is 18.7 Å². The van der Waals surface area contributed by atoms with E-state index in [2.05, 4.69) is 15.5 Å². The third-order valence-corrected chi connectivity index (χ3v) is 4.59. The van der Waals surface area contributed by atoms with E-state index in [1.54, 1.807) is 42.5 Å². The maximum Gasteiger partial charge on any atom is 0.262 e. The highest BCUT2D eigenvalue weighted by atomic mass is 16.7. The van der Waals surface area contributed by atoms with E-state index in [9.17, 15) is 4.79 Å². The molecule has 0 radical (unpaired) electrons. The Morgan fingerprint density at radius 2 is 1.74 bits per heavy atom. The van der Waals surface area contributed by atoms with Gasteiger partial charge in [-0.2, -0.15) is 4.98 Å². The molecule has 8 heteroatoms. The number of nitrogens with one attached hydrogen (secondary N) is 1. The van der Waals surface area contributed by atoms with Crippen molar-refractivity contribution >= 4 is 11.6 Å². The second kappa shape index (κ2) is 8.19. The van der Waals surface area contributed by atoms with Crippen molar-refractivity contribution in [3.63, 3.8) is 0 Å². The number of carbonyl (C=O) groups is 1. The van der Waals surface area contributed by atoms with Gasteiger partial charge in [0.25, 0.3) is 11.8 Å². The van der Waals surface area contributed by atoms with Gasteiger partial charge in [0.15, 0.2) is 18.1 Å². The lowest BCUT2D eigenvalue weighted by Crippen LogP contribution is -2.20. The number of hydrogen-bond donors (Lipinski definition) is 1. The van der Waals surface area contributed by atoms with Crippen molar-refractivity contribution in [1.29, 1.82) is 0 Å². The van der Waals surface area contributed by atoms with Gasteiger partial charge in [-0.1, -0.05) is 35.5 Å². The van der Waals surface area contributed by atoms with Crippen molar-refractivity contribution in [3.8, 4) is 40.1 Å². The van der Waals surface area contributed by atoms with E-state index in [1.165, 1.54) is 0 Å². The molecule has 154 valence electrons. The number of ether oxygens (including phenoxy) is 3. The summed E-state index contributed by atoms with van der Waals surface area (Å²) in [5, 5.41) is 6.78. The highest BCUT2D eigenvalue weighted by Crippen LogP contribution is 2.34. The topological polar surface area (TPSA) is 95.7 Å². The quantitative estimate of drug-likeness (QED) is 0.505. The average Bonchev–Trinajstić information content (AvgIpc) is 3.48. The molecule has 0 bridgehead atoms. The number of carbonyl (C=O) groups excluding carboxylic acids is 1. The van der Waals surface area contributed by atoms with Crippen molar-refractivity contribution in [1.82, 2.24) is 10.1 Å². The number of anilines is 1. The second-order valence-electron chi connectivity index (χ2n) is 6.72. The minimum Gasteiger partial charge on any atom is -0.484 e. The van der Waals surface area contributed by atoms with Crippen LogP contribution in [0.2, 0.25) is 0 Å². The third kappa shape index (κ3) is 4.18. The van der Waals surface area contributed by atoms with E-state index in [0.29, 0.717) is 34.7 Å². The standard InChI is InChI=1S/C23H17N3O5/c27-21(24-17-8-11-19-20(12-17)30-14-29-19)13-28-18-9-6-16(7-10-18)23-25-22(26-31-23)15-4-2-1-3-5-15/h1-12H,13-14H2,(H,24,27). The molecule has 2 heterocycles. The molecule has 0 aliphatic carbocycles. The van der Waals surface area contributed by atoms with Crippen molar-refractivity contribution in [2.45, 2.75) is 0 Å². The van der Waals surface area contributed by atoms with Crippen LogP contribution in [-0.4, -0.2) is 29.4 Å². The molecule has 31 heavy (non-hydrogen) atoms. The summed E-state index contributed by atoms with van der Waals surface area (Å²) < 4.78 is 21.5. The van der Waals surface area contributed by atoms with Gasteiger partial charge in [0.05, 0.1) is 0 Å². The lowest BCUT2D eigenvalue weighted by atomic mass is 10.2. The number of rotatable bonds is 6. The van der Waals surface area contributed by atoms with Crippen LogP contribution in [0.4, 0.5) is 5.69 Å². The Balaban J connectivity index is 1.18. The number of amides is 1. The molecule has 1 aliphatic rings. The Bertz CT molecular complexity index is 1210. The Morgan fingerprint density at radius 3 is 2.58 bits per heavy atom. The fourth-order valence-corrected chi connectivity index (χ4v) is 3.06. The zero-order valence-corrected chi connectivity index (χ0v) is 16.3. The van der Waals surface area contributed by atoms with Crippen molar-refractivity contribution in [3.05, 3.63) is 72.8 Å². The first-order valence-electron chi connectivity index (χ1n) is 9.56. The molecule has 0 atom stereocenters. The molecule has 1 aliphatic heterocycles. The number of hydrogen-bond acceptors (Lipinski definition) is 7. The highest BCUT2D eigenvalue weighted by Gasteiger charge is 2.14. The van der Waals surface area contributed by atoms with Crippen LogP contribution >= 0.6 is 0 Å². The smallest absolute Gasteiger partial charge is 0.262 e. The number of benzene rings is 3. The minimum absolute atomic E-state index is 0.132. The summed E-state index contributed by atoms with van der Waals surface area (Å²) in [5.74, 6) is 2.46. The fourth-order valence-electron chi connectivity index (χ4n) is 3.06. The van der Waals surface area contributed by atoms with E-state index in [1.807, 2.05) is 30.3 Å². The van der Waals surface area contributed by atoms with Gasteiger partial charge in [0.2, 0.25) is 12.6 Å². The van der Waals surface area contributed by atoms with Crippen LogP contribution in [0.1, 0.15) is 0 Å². The van der Waals surface area contributed by atoms with Gasteiger partial charge in [-0.25, -0.2) is 0 Å². The maximum atomic E-state index is 12.2. The molecule has 0 saturated carbocycles. The molecular weight excluding hydrogens is 398 g/mol. The van der Waals surface area contributed by atoms with Gasteiger partial charge < -0.3 is 24.1 Å². The largest absolute Gasteiger partial charge is 0.484 e. The SMILES string of the molecule is O=C(COc1ccc(-c2nc(-c3ccccc3)no2)cc1)Nc1ccc2c(c1)OCO2. The Kier molecular flexibility index (Phi) is 4.94. The van der Waals surface area contributed by atoms with Gasteiger partial charge in [0.1, 0.15) is 5.75 Å². The Hall–Kier alpha value is -4.33. The summed E-state index contributed by atoms with van der Waals surface area (Å²) in [6, 6.07) is 21.9. The predicted molar refractivity (Wildman–Crippen MR) is 112 cm³/mol. The average molecular weight is 415 g/mol. The minimum atomic E-state index is -0.285. The van der Waals surface area contributed by atoms with Gasteiger partial charge in [-0.3, -0.25) is 4.79 Å². The summed E-state index contributed by atoms with van der Waals surface area (Å²) in [6.07, 6.45) is 0. The van der Waals surface area contributed by atoms with Crippen LogP contribution in [0.25, 0.3) is 22.8 Å². The molecule has 4 aromatic rings. The van der Waals surface area contributed by atoms with Crippen molar-refractivity contribution in [2.75, 3.05) is 18.7 Å². The van der Waals surface area contributed by atoms with Gasteiger partial charge >= 0.3 is 0 Å². The summed E-state index contributed by atoms with van der Waals surface area (Å²) in [4.78, 5) is 16.6. The summed E-state index contributed by atoms with van der Waals surface area (Å²) in [6.45, 7) is 0.0511. The molecule has 1 amide bonds. The normalized spacial score (nSPS) is 11.9. The number of nitrogens with zero attached hydrogens (tertiary/aromatic N) is 2. The summed E-state index contributed by atoms with van der Waals surface area (Å²) >= 11 is 0. The number of fused-ring (bicyclic) bond motifs is 1. The second-order valence-corrected chi connectivity index (χ2v) is 6.72. The van der Waals surface area contributed by atoms with E-state index >= 15 is 0 Å². The van der Waals surface area contributed by atoms with E-state index in [-0.39, 0.29) is 19.3 Å². The molecule has 5 rings (SSSR count). The Morgan fingerprint density at radius 1 is 0.935 bits per heavy atom. The molecule has 0 unspecified atom stereocenters. The molecule has 8 nitrogen and oxygen atoms in total. The molecule has 1 aromatic heterocycles. The van der Waals surface area contributed by atoms with Crippen LogP contribution in [0.5, 0.6) is 17.2 Å². The molecule has 3 aromatic carbocycles. The van der Waals surface area contributed by atoms with Crippen LogP contribution in [0.3, 0.4) is 0 Å². The first kappa shape index (κ1) is 18.7. The lowest BCUT2D eigenvalue weighted by molar-refractivity contribution is -0.118. The van der Waals surface area contributed by atoms with Gasteiger partial charge in [-0.15, -0.1) is 0 Å². The molecule has 0 fully saturated rings. The predicted octanol–water partition coefficient (Wildman–Crippen LogP) is 4.15. The zero-order valence-electron chi connectivity index (χ0n) is 16.3. The van der Waals surface area contributed by atoms with Gasteiger partial charge in [-0.05, 0) is 36.4 Å². The first-order valence-corrected chi connectivity index (χ1v) is 9.56. The van der Waals surface area contributed by atoms with Crippen molar-refractivity contribution in [2.24, 2.45) is 0 Å². The molecule has 1 N–H and O–H groups in total. The molecule has 0 saturated heterocycles. The van der Waals surface area contributed by atoms with E-state index < -0.39 is 0 Å². The molecular formula is C23H17N3O5. The highest BCUT2D eigenvalue weighted by molar-refractivity contribution is 5.92. The van der Waals surface area contributed by atoms with E-state index in [0.717, 1.165) is 11.1 Å². The summed E-state index contributed by atoms with van der Waals surface area (Å²) in [7, 11) is 0. The van der Waals surface area contributed by atoms with Gasteiger partial charge in [0, 0.05) is 22.9 Å². The van der Waals surface area contributed by atoms with Crippen LogP contribution < -0.4 is 19.5 Å². The monoisotopic (exact) mass is 415 g/mol. The molecule has 0 spiro atoms.